The molecule has 0 spiro atoms. The van der Waals surface area contributed by atoms with Crippen molar-refractivity contribution in [3.8, 4) is 5.75 Å². The fraction of sp³-hybridized carbons (Fsp3) is 0.364. The predicted molar refractivity (Wildman–Crippen MR) is 60.0 cm³/mol. The van der Waals surface area contributed by atoms with Gasteiger partial charge in [0, 0.05) is 12.1 Å². The van der Waals surface area contributed by atoms with Crippen molar-refractivity contribution in [3.05, 3.63) is 29.3 Å². The Morgan fingerprint density at radius 3 is 2.59 bits per heavy atom. The molecule has 0 heterocycles. The number of aliphatic hydroxyl groups excluding tert-OH is 2. The van der Waals surface area contributed by atoms with Crippen molar-refractivity contribution in [1.82, 2.24) is 0 Å². The molecule has 0 amide bonds. The molecule has 5 N–H and O–H groups in total. The molecule has 1 rings (SSSR count). The summed E-state index contributed by atoms with van der Waals surface area (Å²) in [5, 5.41) is 28.2. The van der Waals surface area contributed by atoms with E-state index in [2.05, 4.69) is 0 Å². The van der Waals surface area contributed by atoms with E-state index in [1.165, 1.54) is 25.3 Å². The summed E-state index contributed by atoms with van der Waals surface area (Å²) in [6.45, 7) is -0.137. The molecule has 2 atom stereocenters. The summed E-state index contributed by atoms with van der Waals surface area (Å²) in [6.07, 6.45) is -2.46. The average molecular weight is 241 g/mol. The monoisotopic (exact) mass is 241 g/mol. The van der Waals surface area contributed by atoms with Crippen molar-refractivity contribution < 1.29 is 24.9 Å². The molecule has 6 nitrogen and oxygen atoms in total. The number of carbonyl (C=O) groups is 1. The number of rotatable bonds is 5. The summed E-state index contributed by atoms with van der Waals surface area (Å²) in [7, 11) is 1.30. The molecule has 0 saturated heterocycles. The molecular weight excluding hydrogens is 226 g/mol. The largest absolute Gasteiger partial charge is 0.495 e. The number of aromatic carboxylic acids is 1. The van der Waals surface area contributed by atoms with E-state index in [4.69, 9.17) is 15.6 Å². The summed E-state index contributed by atoms with van der Waals surface area (Å²) in [5.74, 6) is -1.14. The summed E-state index contributed by atoms with van der Waals surface area (Å²) < 4.78 is 4.96. The van der Waals surface area contributed by atoms with Crippen LogP contribution in [0.25, 0.3) is 0 Å². The number of carboxylic acid groups (broad SMARTS) is 1. The van der Waals surface area contributed by atoms with Crippen LogP contribution in [0.3, 0.4) is 0 Å². The van der Waals surface area contributed by atoms with Crippen molar-refractivity contribution in [3.63, 3.8) is 0 Å². The highest BCUT2D eigenvalue weighted by atomic mass is 16.5. The van der Waals surface area contributed by atoms with Gasteiger partial charge in [0.2, 0.25) is 0 Å². The van der Waals surface area contributed by atoms with Gasteiger partial charge in [-0.3, -0.25) is 0 Å². The normalized spacial score (nSPS) is 14.1. The van der Waals surface area contributed by atoms with E-state index in [1.54, 1.807) is 0 Å². The Balaban J connectivity index is 3.24. The molecule has 1 aromatic carbocycles. The molecule has 0 saturated carbocycles. The van der Waals surface area contributed by atoms with Crippen molar-refractivity contribution in [2.24, 2.45) is 5.73 Å². The van der Waals surface area contributed by atoms with E-state index in [9.17, 15) is 15.0 Å². The lowest BCUT2D eigenvalue weighted by Gasteiger charge is -2.19. The number of benzene rings is 1. The minimum Gasteiger partial charge on any atom is -0.495 e. The van der Waals surface area contributed by atoms with Gasteiger partial charge in [-0.1, -0.05) is 12.1 Å². The third-order valence-electron chi connectivity index (χ3n) is 2.40. The van der Waals surface area contributed by atoms with Gasteiger partial charge in [-0.05, 0) is 6.07 Å². The summed E-state index contributed by atoms with van der Waals surface area (Å²) >= 11 is 0. The minimum atomic E-state index is -1.28. The third-order valence-corrected chi connectivity index (χ3v) is 2.40. The Morgan fingerprint density at radius 2 is 2.12 bits per heavy atom. The molecule has 6 heteroatoms. The zero-order valence-corrected chi connectivity index (χ0v) is 9.33. The molecule has 0 aromatic heterocycles. The molecule has 0 fully saturated rings. The first-order valence-corrected chi connectivity index (χ1v) is 4.99. The van der Waals surface area contributed by atoms with E-state index < -0.39 is 18.2 Å². The molecule has 0 aliphatic carbocycles. The van der Waals surface area contributed by atoms with Crippen LogP contribution < -0.4 is 10.5 Å². The fourth-order valence-corrected chi connectivity index (χ4v) is 1.52. The first-order chi connectivity index (χ1) is 8.02. The second-order valence-electron chi connectivity index (χ2n) is 3.48. The lowest BCUT2D eigenvalue weighted by molar-refractivity contribution is 0.0228. The van der Waals surface area contributed by atoms with Crippen molar-refractivity contribution >= 4 is 5.97 Å². The van der Waals surface area contributed by atoms with Crippen molar-refractivity contribution in [2.75, 3.05) is 13.7 Å². The third kappa shape index (κ3) is 2.73. The Hall–Kier alpha value is -1.63. The summed E-state index contributed by atoms with van der Waals surface area (Å²) in [6, 6.07) is 4.30. The van der Waals surface area contributed by atoms with Gasteiger partial charge >= 0.3 is 5.97 Å². The molecule has 1 aromatic rings. The number of hydrogen-bond acceptors (Lipinski definition) is 5. The molecule has 2 unspecified atom stereocenters. The molecular formula is C11H15NO5. The maximum absolute atomic E-state index is 10.9. The van der Waals surface area contributed by atoms with E-state index in [-0.39, 0.29) is 23.4 Å². The lowest BCUT2D eigenvalue weighted by atomic mass is 10.00. The number of nitrogens with two attached hydrogens (primary N) is 1. The lowest BCUT2D eigenvalue weighted by Crippen LogP contribution is -2.27. The van der Waals surface area contributed by atoms with Gasteiger partial charge in [-0.2, -0.15) is 0 Å². The van der Waals surface area contributed by atoms with Crippen LogP contribution in [-0.2, 0) is 0 Å². The zero-order chi connectivity index (χ0) is 13.0. The molecule has 17 heavy (non-hydrogen) atoms. The van der Waals surface area contributed by atoms with Crippen molar-refractivity contribution in [1.29, 1.82) is 0 Å². The summed E-state index contributed by atoms with van der Waals surface area (Å²) in [4.78, 5) is 10.9. The second-order valence-corrected chi connectivity index (χ2v) is 3.48. The van der Waals surface area contributed by atoms with Gasteiger partial charge in [0.05, 0.1) is 13.2 Å². The average Bonchev–Trinajstić information content (AvgIpc) is 2.35. The van der Waals surface area contributed by atoms with E-state index in [1.807, 2.05) is 0 Å². The Labute approximate surface area is 98.3 Å². The van der Waals surface area contributed by atoms with Crippen LogP contribution in [0.1, 0.15) is 22.0 Å². The van der Waals surface area contributed by atoms with Crippen LogP contribution in [0.2, 0.25) is 0 Å². The van der Waals surface area contributed by atoms with Gasteiger partial charge < -0.3 is 25.8 Å². The first kappa shape index (κ1) is 13.4. The molecule has 0 bridgehead atoms. The first-order valence-electron chi connectivity index (χ1n) is 4.99. The highest BCUT2D eigenvalue weighted by Crippen LogP contribution is 2.30. The van der Waals surface area contributed by atoms with Crippen LogP contribution in [0.15, 0.2) is 18.2 Å². The number of carboxylic acids is 1. The van der Waals surface area contributed by atoms with E-state index >= 15 is 0 Å². The van der Waals surface area contributed by atoms with E-state index in [0.717, 1.165) is 0 Å². The Morgan fingerprint density at radius 1 is 1.47 bits per heavy atom. The van der Waals surface area contributed by atoms with Crippen LogP contribution in [0.4, 0.5) is 0 Å². The maximum Gasteiger partial charge on any atom is 0.339 e. The number of methoxy groups -OCH3 is 1. The highest BCUT2D eigenvalue weighted by molar-refractivity contribution is 5.91. The van der Waals surface area contributed by atoms with E-state index in [0.29, 0.717) is 0 Å². The Kier molecular flexibility index (Phi) is 4.45. The SMILES string of the molecule is COc1c(C(=O)O)cccc1C(O)C(O)CN. The second kappa shape index (κ2) is 5.62. The van der Waals surface area contributed by atoms with Gasteiger partial charge in [-0.15, -0.1) is 0 Å². The molecule has 0 aliphatic heterocycles. The summed E-state index contributed by atoms with van der Waals surface area (Å²) in [5.41, 5.74) is 5.36. The van der Waals surface area contributed by atoms with Crippen LogP contribution >= 0.6 is 0 Å². The number of para-hydroxylation sites is 1. The number of aliphatic hydroxyl groups is 2. The fourth-order valence-electron chi connectivity index (χ4n) is 1.52. The minimum absolute atomic E-state index is 0.0278. The van der Waals surface area contributed by atoms with Gasteiger partial charge in [-0.25, -0.2) is 4.79 Å². The Bertz CT molecular complexity index is 407. The van der Waals surface area contributed by atoms with Crippen molar-refractivity contribution in [2.45, 2.75) is 12.2 Å². The zero-order valence-electron chi connectivity index (χ0n) is 9.33. The van der Waals surface area contributed by atoms with Gasteiger partial charge in [0.1, 0.15) is 17.4 Å². The molecule has 94 valence electrons. The highest BCUT2D eigenvalue weighted by Gasteiger charge is 2.24. The van der Waals surface area contributed by atoms with Crippen LogP contribution in [0, 0.1) is 0 Å². The van der Waals surface area contributed by atoms with Crippen LogP contribution in [-0.4, -0.2) is 41.0 Å². The molecule has 0 radical (unpaired) electrons. The van der Waals surface area contributed by atoms with Crippen LogP contribution in [0.5, 0.6) is 5.75 Å². The van der Waals surface area contributed by atoms with Gasteiger partial charge in [0.25, 0.3) is 0 Å². The predicted octanol–water partition coefficient (Wildman–Crippen LogP) is -0.254. The number of ether oxygens (including phenoxy) is 1. The topological polar surface area (TPSA) is 113 Å². The van der Waals surface area contributed by atoms with Gasteiger partial charge in [0.15, 0.2) is 0 Å². The quantitative estimate of drug-likeness (QED) is 0.565. The maximum atomic E-state index is 10.9. The number of hydrogen-bond donors (Lipinski definition) is 4. The standard InChI is InChI=1S/C11H15NO5/c1-17-10-6(9(14)8(13)5-12)3-2-4-7(10)11(15)16/h2-4,8-9,13-14H,5,12H2,1H3,(H,15,16). The molecule has 0 aliphatic rings. The smallest absolute Gasteiger partial charge is 0.339 e.